The first-order valence-electron chi connectivity index (χ1n) is 7.47. The fourth-order valence-corrected chi connectivity index (χ4v) is 3.11. The molecule has 0 fully saturated rings. The third kappa shape index (κ3) is 3.96. The second-order valence-electron chi connectivity index (χ2n) is 5.31. The SMILES string of the molecule is N#Cc1cc(N(Cc2ccccc2)CC(O)c2ccsc2)ncn1. The van der Waals surface area contributed by atoms with Gasteiger partial charge in [0.25, 0.3) is 0 Å². The minimum absolute atomic E-state index is 0.308. The molecule has 120 valence electrons. The highest BCUT2D eigenvalue weighted by atomic mass is 32.1. The molecule has 5 nitrogen and oxygen atoms in total. The summed E-state index contributed by atoms with van der Waals surface area (Å²) in [5.41, 5.74) is 2.29. The smallest absolute Gasteiger partial charge is 0.145 e. The van der Waals surface area contributed by atoms with Crippen molar-refractivity contribution < 1.29 is 5.11 Å². The van der Waals surface area contributed by atoms with E-state index in [-0.39, 0.29) is 0 Å². The number of nitriles is 1. The number of hydrogen-bond acceptors (Lipinski definition) is 6. The van der Waals surface area contributed by atoms with Crippen LogP contribution >= 0.6 is 11.3 Å². The Morgan fingerprint density at radius 2 is 2.04 bits per heavy atom. The quantitative estimate of drug-likeness (QED) is 0.748. The lowest BCUT2D eigenvalue weighted by molar-refractivity contribution is 0.183. The molecule has 0 amide bonds. The molecule has 0 aliphatic heterocycles. The Morgan fingerprint density at radius 3 is 2.75 bits per heavy atom. The summed E-state index contributed by atoms with van der Waals surface area (Å²) in [6.45, 7) is 0.970. The molecule has 0 aliphatic carbocycles. The molecule has 2 heterocycles. The Hall–Kier alpha value is -2.75. The van der Waals surface area contributed by atoms with Crippen LogP contribution in [0.3, 0.4) is 0 Å². The molecule has 0 bridgehead atoms. The van der Waals surface area contributed by atoms with Crippen molar-refractivity contribution in [3.8, 4) is 6.07 Å². The predicted octanol–water partition coefficient (Wildman–Crippen LogP) is 3.15. The van der Waals surface area contributed by atoms with Crippen molar-refractivity contribution in [1.29, 1.82) is 5.26 Å². The normalized spacial score (nSPS) is 11.7. The van der Waals surface area contributed by atoms with Gasteiger partial charge in [0.1, 0.15) is 23.9 Å². The first kappa shape index (κ1) is 16.1. The van der Waals surface area contributed by atoms with Crippen LogP contribution in [0.15, 0.2) is 59.6 Å². The van der Waals surface area contributed by atoms with Crippen molar-refractivity contribution in [3.05, 3.63) is 76.4 Å². The van der Waals surface area contributed by atoms with Gasteiger partial charge in [-0.1, -0.05) is 30.3 Å². The summed E-state index contributed by atoms with van der Waals surface area (Å²) in [5, 5.41) is 23.4. The van der Waals surface area contributed by atoms with Gasteiger partial charge in [0.2, 0.25) is 0 Å². The maximum absolute atomic E-state index is 10.5. The lowest BCUT2D eigenvalue weighted by Crippen LogP contribution is -2.29. The number of aliphatic hydroxyl groups excluding tert-OH is 1. The Morgan fingerprint density at radius 1 is 1.21 bits per heavy atom. The van der Waals surface area contributed by atoms with E-state index in [2.05, 4.69) is 9.97 Å². The number of hydrogen-bond donors (Lipinski definition) is 1. The van der Waals surface area contributed by atoms with Crippen LogP contribution in [0.2, 0.25) is 0 Å². The van der Waals surface area contributed by atoms with Crippen molar-refractivity contribution in [2.24, 2.45) is 0 Å². The molecular formula is C18H16N4OS. The number of anilines is 1. The zero-order valence-corrected chi connectivity index (χ0v) is 13.7. The Bertz CT molecular complexity index is 815. The van der Waals surface area contributed by atoms with Crippen molar-refractivity contribution >= 4 is 17.2 Å². The molecule has 1 atom stereocenters. The summed E-state index contributed by atoms with van der Waals surface area (Å²) in [6.07, 6.45) is 0.753. The first-order valence-corrected chi connectivity index (χ1v) is 8.41. The van der Waals surface area contributed by atoms with E-state index in [1.54, 1.807) is 17.4 Å². The lowest BCUT2D eigenvalue weighted by atomic mass is 10.1. The van der Waals surface area contributed by atoms with Crippen molar-refractivity contribution in [3.63, 3.8) is 0 Å². The minimum atomic E-state index is -0.625. The van der Waals surface area contributed by atoms with E-state index in [1.165, 1.54) is 6.33 Å². The van der Waals surface area contributed by atoms with E-state index in [0.29, 0.717) is 24.6 Å². The van der Waals surface area contributed by atoms with Crippen LogP contribution < -0.4 is 4.90 Å². The molecule has 0 spiro atoms. The van der Waals surface area contributed by atoms with E-state index in [4.69, 9.17) is 5.26 Å². The van der Waals surface area contributed by atoms with Crippen LogP contribution in [0.1, 0.15) is 22.9 Å². The van der Waals surface area contributed by atoms with Gasteiger partial charge in [0.15, 0.2) is 0 Å². The average molecular weight is 336 g/mol. The first-order chi connectivity index (χ1) is 11.8. The van der Waals surface area contributed by atoms with Gasteiger partial charge in [0.05, 0.1) is 6.10 Å². The Labute approximate surface area is 144 Å². The molecule has 1 aromatic carbocycles. The van der Waals surface area contributed by atoms with E-state index in [9.17, 15) is 5.11 Å². The maximum atomic E-state index is 10.5. The molecular weight excluding hydrogens is 320 g/mol. The molecule has 6 heteroatoms. The molecule has 3 rings (SSSR count). The fraction of sp³-hybridized carbons (Fsp3) is 0.167. The molecule has 0 radical (unpaired) electrons. The zero-order valence-electron chi connectivity index (χ0n) is 12.9. The minimum Gasteiger partial charge on any atom is -0.387 e. The highest BCUT2D eigenvalue weighted by Gasteiger charge is 2.16. The number of aliphatic hydroxyl groups is 1. The van der Waals surface area contributed by atoms with Gasteiger partial charge in [-0.2, -0.15) is 16.6 Å². The van der Waals surface area contributed by atoms with Crippen molar-refractivity contribution in [2.45, 2.75) is 12.6 Å². The average Bonchev–Trinajstić information content (AvgIpc) is 3.17. The highest BCUT2D eigenvalue weighted by Crippen LogP contribution is 2.22. The monoisotopic (exact) mass is 336 g/mol. The van der Waals surface area contributed by atoms with Crippen molar-refractivity contribution in [1.82, 2.24) is 9.97 Å². The third-order valence-electron chi connectivity index (χ3n) is 3.63. The number of rotatable bonds is 6. The fourth-order valence-electron chi connectivity index (χ4n) is 2.40. The second kappa shape index (κ2) is 7.68. The number of benzene rings is 1. The van der Waals surface area contributed by atoms with Crippen molar-refractivity contribution in [2.75, 3.05) is 11.4 Å². The van der Waals surface area contributed by atoms with Crippen LogP contribution in [-0.2, 0) is 6.54 Å². The summed E-state index contributed by atoms with van der Waals surface area (Å²) in [4.78, 5) is 10.1. The Kier molecular flexibility index (Phi) is 5.16. The van der Waals surface area contributed by atoms with E-state index >= 15 is 0 Å². The summed E-state index contributed by atoms with van der Waals surface area (Å²) in [5.74, 6) is 0.625. The van der Waals surface area contributed by atoms with Gasteiger partial charge in [-0.05, 0) is 28.0 Å². The van der Waals surface area contributed by atoms with E-state index < -0.39 is 6.10 Å². The molecule has 0 saturated carbocycles. The molecule has 2 aromatic heterocycles. The topological polar surface area (TPSA) is 73.0 Å². The maximum Gasteiger partial charge on any atom is 0.145 e. The molecule has 0 aliphatic rings. The summed E-state index contributed by atoms with van der Waals surface area (Å²) in [7, 11) is 0. The van der Waals surface area contributed by atoms with Crippen LogP contribution in [-0.4, -0.2) is 21.6 Å². The van der Waals surface area contributed by atoms with Gasteiger partial charge in [0, 0.05) is 19.2 Å². The highest BCUT2D eigenvalue weighted by molar-refractivity contribution is 7.07. The van der Waals surface area contributed by atoms with E-state index in [0.717, 1.165) is 11.1 Å². The van der Waals surface area contributed by atoms with Gasteiger partial charge >= 0.3 is 0 Å². The standard InChI is InChI=1S/C18H16N4OS/c19-9-16-8-18(21-13-20-16)22(10-14-4-2-1-3-5-14)11-17(23)15-6-7-24-12-15/h1-8,12-13,17,23H,10-11H2. The van der Waals surface area contributed by atoms with Crippen LogP contribution in [0.25, 0.3) is 0 Å². The predicted molar refractivity (Wildman–Crippen MR) is 93.5 cm³/mol. The van der Waals surface area contributed by atoms with Gasteiger partial charge < -0.3 is 10.0 Å². The zero-order chi connectivity index (χ0) is 16.8. The van der Waals surface area contributed by atoms with Crippen LogP contribution in [0.4, 0.5) is 5.82 Å². The number of thiophene rings is 1. The molecule has 0 saturated heterocycles. The molecule has 24 heavy (non-hydrogen) atoms. The van der Waals surface area contributed by atoms with E-state index in [1.807, 2.05) is 58.1 Å². The number of aromatic nitrogens is 2. The lowest BCUT2D eigenvalue weighted by Gasteiger charge is -2.26. The molecule has 1 unspecified atom stereocenters. The van der Waals surface area contributed by atoms with Gasteiger partial charge in [-0.3, -0.25) is 0 Å². The Balaban J connectivity index is 1.86. The summed E-state index contributed by atoms with van der Waals surface area (Å²) in [6, 6.07) is 15.5. The summed E-state index contributed by atoms with van der Waals surface area (Å²) >= 11 is 1.55. The molecule has 3 aromatic rings. The molecule has 1 N–H and O–H groups in total. The van der Waals surface area contributed by atoms with Gasteiger partial charge in [-0.25, -0.2) is 9.97 Å². The van der Waals surface area contributed by atoms with Crippen LogP contribution in [0, 0.1) is 11.3 Å². The largest absolute Gasteiger partial charge is 0.387 e. The summed E-state index contributed by atoms with van der Waals surface area (Å²) < 4.78 is 0. The number of nitrogens with zero attached hydrogens (tertiary/aromatic N) is 4. The second-order valence-corrected chi connectivity index (χ2v) is 6.09. The van der Waals surface area contributed by atoms with Crippen LogP contribution in [0.5, 0.6) is 0 Å². The van der Waals surface area contributed by atoms with Gasteiger partial charge in [-0.15, -0.1) is 0 Å². The third-order valence-corrected chi connectivity index (χ3v) is 4.33.